The number of rotatable bonds is 4. The van der Waals surface area contributed by atoms with Gasteiger partial charge in [0.1, 0.15) is 0 Å². The third-order valence-electron chi connectivity index (χ3n) is 5.01. The lowest BCUT2D eigenvalue weighted by Gasteiger charge is -2.36. The number of carbonyl (C=O) groups excluding carboxylic acids is 1. The standard InChI is InChI=1S/C21H27N3O/c1-3-16-7-9-17(10-8-16)21(25)23-19-14-18(22)11-12-20(19)24-13-5-4-6-15(24)2/h7-12,14-15H,3-6,13,22H2,1-2H3,(H,23,25)/t15-/m0/s1. The Labute approximate surface area is 150 Å². The summed E-state index contributed by atoms with van der Waals surface area (Å²) in [4.78, 5) is 15.0. The highest BCUT2D eigenvalue weighted by Crippen LogP contribution is 2.33. The van der Waals surface area contributed by atoms with Crippen LogP contribution in [0.2, 0.25) is 0 Å². The minimum atomic E-state index is -0.0980. The molecule has 4 nitrogen and oxygen atoms in total. The van der Waals surface area contributed by atoms with Crippen LogP contribution in [0.3, 0.4) is 0 Å². The molecule has 2 aromatic carbocycles. The zero-order valence-corrected chi connectivity index (χ0v) is 15.1. The highest BCUT2D eigenvalue weighted by molar-refractivity contribution is 6.06. The lowest BCUT2D eigenvalue weighted by molar-refractivity contribution is 0.102. The minimum absolute atomic E-state index is 0.0980. The number of nitrogens with one attached hydrogen (secondary N) is 1. The first kappa shape index (κ1) is 17.3. The average molecular weight is 337 g/mol. The van der Waals surface area contributed by atoms with Gasteiger partial charge in [0, 0.05) is 23.8 Å². The summed E-state index contributed by atoms with van der Waals surface area (Å²) in [6.45, 7) is 5.36. The first-order valence-electron chi connectivity index (χ1n) is 9.15. The molecule has 0 aromatic heterocycles. The van der Waals surface area contributed by atoms with Gasteiger partial charge in [-0.1, -0.05) is 19.1 Å². The van der Waals surface area contributed by atoms with Gasteiger partial charge in [-0.05, 0) is 68.5 Å². The fourth-order valence-corrected chi connectivity index (χ4v) is 3.45. The van der Waals surface area contributed by atoms with Crippen LogP contribution in [0.25, 0.3) is 0 Å². The monoisotopic (exact) mass is 337 g/mol. The van der Waals surface area contributed by atoms with Gasteiger partial charge in [0.25, 0.3) is 5.91 Å². The molecule has 1 fully saturated rings. The Morgan fingerprint density at radius 2 is 1.96 bits per heavy atom. The Hall–Kier alpha value is -2.49. The number of nitrogens with two attached hydrogens (primary N) is 1. The summed E-state index contributed by atoms with van der Waals surface area (Å²) in [6, 6.07) is 14.0. The predicted octanol–water partition coefficient (Wildman–Crippen LogP) is 4.46. The molecule has 0 spiro atoms. The van der Waals surface area contributed by atoms with E-state index in [9.17, 15) is 4.79 Å². The first-order chi connectivity index (χ1) is 12.1. The second-order valence-corrected chi connectivity index (χ2v) is 6.82. The number of aryl methyl sites for hydroxylation is 1. The van der Waals surface area contributed by atoms with E-state index in [4.69, 9.17) is 5.73 Å². The van der Waals surface area contributed by atoms with Gasteiger partial charge < -0.3 is 16.0 Å². The molecule has 0 bridgehead atoms. The number of hydrogen-bond acceptors (Lipinski definition) is 3. The maximum atomic E-state index is 12.7. The Kier molecular flexibility index (Phi) is 5.27. The molecular formula is C21H27N3O. The molecule has 4 heteroatoms. The molecule has 1 saturated heterocycles. The molecule has 0 saturated carbocycles. The van der Waals surface area contributed by atoms with E-state index in [1.54, 1.807) is 0 Å². The molecule has 0 unspecified atom stereocenters. The summed E-state index contributed by atoms with van der Waals surface area (Å²) < 4.78 is 0. The Morgan fingerprint density at radius 3 is 2.64 bits per heavy atom. The largest absolute Gasteiger partial charge is 0.399 e. The maximum Gasteiger partial charge on any atom is 0.255 e. The van der Waals surface area contributed by atoms with E-state index in [0.717, 1.165) is 24.3 Å². The van der Waals surface area contributed by atoms with Crippen LogP contribution in [0.4, 0.5) is 17.1 Å². The topological polar surface area (TPSA) is 58.4 Å². The average Bonchev–Trinajstić information content (AvgIpc) is 2.63. The van der Waals surface area contributed by atoms with E-state index in [1.807, 2.05) is 42.5 Å². The molecule has 25 heavy (non-hydrogen) atoms. The number of piperidine rings is 1. The van der Waals surface area contributed by atoms with Crippen LogP contribution in [-0.4, -0.2) is 18.5 Å². The van der Waals surface area contributed by atoms with Crippen molar-refractivity contribution in [2.75, 3.05) is 22.5 Å². The molecule has 1 atom stereocenters. The molecule has 2 aromatic rings. The fourth-order valence-electron chi connectivity index (χ4n) is 3.45. The van der Waals surface area contributed by atoms with Gasteiger partial charge in [0.05, 0.1) is 11.4 Å². The smallest absolute Gasteiger partial charge is 0.255 e. The molecule has 1 heterocycles. The van der Waals surface area contributed by atoms with Gasteiger partial charge in [-0.2, -0.15) is 0 Å². The molecule has 0 aliphatic carbocycles. The van der Waals surface area contributed by atoms with Crippen molar-refractivity contribution in [1.29, 1.82) is 0 Å². The van der Waals surface area contributed by atoms with Crippen molar-refractivity contribution in [3.63, 3.8) is 0 Å². The van der Waals surface area contributed by atoms with Crippen LogP contribution in [0.1, 0.15) is 49.0 Å². The summed E-state index contributed by atoms with van der Waals surface area (Å²) in [7, 11) is 0. The molecular weight excluding hydrogens is 310 g/mol. The predicted molar refractivity (Wildman–Crippen MR) is 105 cm³/mol. The Bertz CT molecular complexity index is 739. The van der Waals surface area contributed by atoms with Crippen LogP contribution in [0.5, 0.6) is 0 Å². The molecule has 1 aliphatic rings. The second kappa shape index (κ2) is 7.60. The number of nitrogens with zero attached hydrogens (tertiary/aromatic N) is 1. The van der Waals surface area contributed by atoms with Crippen molar-refractivity contribution < 1.29 is 4.79 Å². The van der Waals surface area contributed by atoms with Crippen molar-refractivity contribution in [2.45, 2.75) is 45.6 Å². The molecule has 1 amide bonds. The number of benzene rings is 2. The van der Waals surface area contributed by atoms with Crippen molar-refractivity contribution in [3.05, 3.63) is 53.6 Å². The Morgan fingerprint density at radius 1 is 1.20 bits per heavy atom. The van der Waals surface area contributed by atoms with Crippen LogP contribution in [0.15, 0.2) is 42.5 Å². The van der Waals surface area contributed by atoms with Crippen LogP contribution >= 0.6 is 0 Å². The van der Waals surface area contributed by atoms with Gasteiger partial charge in [-0.15, -0.1) is 0 Å². The molecule has 0 radical (unpaired) electrons. The molecule has 132 valence electrons. The van der Waals surface area contributed by atoms with E-state index in [-0.39, 0.29) is 5.91 Å². The van der Waals surface area contributed by atoms with Crippen LogP contribution in [-0.2, 0) is 6.42 Å². The second-order valence-electron chi connectivity index (χ2n) is 6.82. The minimum Gasteiger partial charge on any atom is -0.399 e. The Balaban J connectivity index is 1.85. The fraction of sp³-hybridized carbons (Fsp3) is 0.381. The molecule has 3 N–H and O–H groups in total. The summed E-state index contributed by atoms with van der Waals surface area (Å²) in [6.07, 6.45) is 4.59. The highest BCUT2D eigenvalue weighted by atomic mass is 16.1. The van der Waals surface area contributed by atoms with Gasteiger partial charge in [-0.25, -0.2) is 0 Å². The summed E-state index contributed by atoms with van der Waals surface area (Å²) in [5, 5.41) is 3.06. The first-order valence-corrected chi connectivity index (χ1v) is 9.15. The lowest BCUT2D eigenvalue weighted by atomic mass is 10.0. The van der Waals surface area contributed by atoms with E-state index >= 15 is 0 Å². The maximum absolute atomic E-state index is 12.7. The van der Waals surface area contributed by atoms with E-state index in [2.05, 4.69) is 24.1 Å². The quantitative estimate of drug-likeness (QED) is 0.810. The number of amides is 1. The van der Waals surface area contributed by atoms with E-state index in [1.165, 1.54) is 24.8 Å². The zero-order valence-electron chi connectivity index (χ0n) is 15.1. The normalized spacial score (nSPS) is 17.4. The number of nitrogen functional groups attached to an aromatic ring is 1. The van der Waals surface area contributed by atoms with E-state index < -0.39 is 0 Å². The third kappa shape index (κ3) is 3.95. The lowest BCUT2D eigenvalue weighted by Crippen LogP contribution is -2.38. The van der Waals surface area contributed by atoms with Crippen molar-refractivity contribution in [1.82, 2.24) is 0 Å². The van der Waals surface area contributed by atoms with Crippen molar-refractivity contribution >= 4 is 23.0 Å². The van der Waals surface area contributed by atoms with Gasteiger partial charge in [0.15, 0.2) is 0 Å². The third-order valence-corrected chi connectivity index (χ3v) is 5.01. The van der Waals surface area contributed by atoms with Gasteiger partial charge >= 0.3 is 0 Å². The zero-order chi connectivity index (χ0) is 17.8. The number of anilines is 3. The highest BCUT2D eigenvalue weighted by Gasteiger charge is 2.22. The number of carbonyl (C=O) groups is 1. The van der Waals surface area contributed by atoms with Crippen molar-refractivity contribution in [2.24, 2.45) is 0 Å². The number of hydrogen-bond donors (Lipinski definition) is 2. The summed E-state index contributed by atoms with van der Waals surface area (Å²) in [5.74, 6) is -0.0980. The molecule has 1 aliphatic heterocycles. The van der Waals surface area contributed by atoms with Gasteiger partial charge in [0.2, 0.25) is 0 Å². The van der Waals surface area contributed by atoms with Gasteiger partial charge in [-0.3, -0.25) is 4.79 Å². The van der Waals surface area contributed by atoms with E-state index in [0.29, 0.717) is 17.3 Å². The summed E-state index contributed by atoms with van der Waals surface area (Å²) >= 11 is 0. The van der Waals surface area contributed by atoms with Crippen molar-refractivity contribution in [3.8, 4) is 0 Å². The van der Waals surface area contributed by atoms with Crippen LogP contribution < -0.4 is 16.0 Å². The summed E-state index contributed by atoms with van der Waals surface area (Å²) in [5.41, 5.74) is 10.4. The molecule has 3 rings (SSSR count). The van der Waals surface area contributed by atoms with Crippen LogP contribution in [0, 0.1) is 0 Å². The SMILES string of the molecule is CCc1ccc(C(=O)Nc2cc(N)ccc2N2CCCC[C@@H]2C)cc1.